The number of rotatable bonds is 4. The molecule has 0 aliphatic carbocycles. The smallest absolute Gasteiger partial charge is 0.123 e. The number of hydrogen-bond acceptors (Lipinski definition) is 3. The zero-order valence-electron chi connectivity index (χ0n) is 11.3. The van der Waals surface area contributed by atoms with Crippen LogP contribution >= 0.6 is 11.6 Å². The molecule has 0 saturated heterocycles. The largest absolute Gasteiger partial charge is 0.496 e. The first-order valence-electron chi connectivity index (χ1n) is 6.58. The Bertz CT molecular complexity index is 628. The van der Waals surface area contributed by atoms with Gasteiger partial charge in [0.15, 0.2) is 0 Å². The highest BCUT2D eigenvalue weighted by Gasteiger charge is 2.12. The highest BCUT2D eigenvalue weighted by Crippen LogP contribution is 2.29. The number of anilines is 1. The number of ether oxygens (including phenoxy) is 2. The van der Waals surface area contributed by atoms with E-state index in [2.05, 4.69) is 11.4 Å². The van der Waals surface area contributed by atoms with Crippen LogP contribution in [0.15, 0.2) is 36.4 Å². The first-order chi connectivity index (χ1) is 9.76. The lowest BCUT2D eigenvalue weighted by atomic mass is 10.1. The minimum atomic E-state index is 0.670. The summed E-state index contributed by atoms with van der Waals surface area (Å²) in [6.07, 6.45) is 0.978. The van der Waals surface area contributed by atoms with Gasteiger partial charge < -0.3 is 14.8 Å². The number of halogens is 1. The van der Waals surface area contributed by atoms with Gasteiger partial charge in [-0.15, -0.1) is 0 Å². The van der Waals surface area contributed by atoms with Crippen LogP contribution in [-0.2, 0) is 13.0 Å². The molecular weight excluding hydrogens is 274 g/mol. The van der Waals surface area contributed by atoms with Gasteiger partial charge in [0.2, 0.25) is 0 Å². The van der Waals surface area contributed by atoms with E-state index in [1.807, 2.05) is 30.3 Å². The third kappa shape index (κ3) is 2.68. The number of fused-ring (bicyclic) bond motifs is 1. The van der Waals surface area contributed by atoms with Gasteiger partial charge in [-0.1, -0.05) is 11.6 Å². The van der Waals surface area contributed by atoms with E-state index in [1.165, 1.54) is 5.56 Å². The fraction of sp³-hybridized carbons (Fsp3) is 0.250. The summed E-state index contributed by atoms with van der Waals surface area (Å²) < 4.78 is 10.8. The Morgan fingerprint density at radius 3 is 3.00 bits per heavy atom. The minimum Gasteiger partial charge on any atom is -0.496 e. The Labute approximate surface area is 123 Å². The van der Waals surface area contributed by atoms with Crippen LogP contribution in [0.25, 0.3) is 0 Å². The van der Waals surface area contributed by atoms with Crippen LogP contribution in [0.2, 0.25) is 5.02 Å². The van der Waals surface area contributed by atoms with Crippen molar-refractivity contribution in [3.8, 4) is 11.5 Å². The number of nitrogens with one attached hydrogen (secondary N) is 1. The molecule has 0 aromatic heterocycles. The summed E-state index contributed by atoms with van der Waals surface area (Å²) in [5.41, 5.74) is 3.38. The molecule has 1 aliphatic rings. The second kappa shape index (κ2) is 5.63. The molecule has 104 valence electrons. The van der Waals surface area contributed by atoms with Crippen molar-refractivity contribution < 1.29 is 9.47 Å². The molecule has 3 nitrogen and oxygen atoms in total. The van der Waals surface area contributed by atoms with E-state index in [1.54, 1.807) is 7.11 Å². The van der Waals surface area contributed by atoms with Gasteiger partial charge in [-0.3, -0.25) is 0 Å². The summed E-state index contributed by atoms with van der Waals surface area (Å²) in [6.45, 7) is 1.45. The Morgan fingerprint density at radius 2 is 2.15 bits per heavy atom. The Balaban J connectivity index is 1.75. The zero-order chi connectivity index (χ0) is 13.9. The molecule has 0 saturated carbocycles. The van der Waals surface area contributed by atoms with Crippen molar-refractivity contribution in [2.75, 3.05) is 19.0 Å². The highest BCUT2D eigenvalue weighted by atomic mass is 35.5. The molecule has 0 spiro atoms. The summed E-state index contributed by atoms with van der Waals surface area (Å²) in [7, 11) is 1.67. The van der Waals surface area contributed by atoms with Gasteiger partial charge in [0.05, 0.1) is 13.7 Å². The molecule has 4 heteroatoms. The third-order valence-corrected chi connectivity index (χ3v) is 3.65. The Hall–Kier alpha value is -1.87. The van der Waals surface area contributed by atoms with Crippen LogP contribution in [0.4, 0.5) is 5.69 Å². The van der Waals surface area contributed by atoms with Crippen molar-refractivity contribution in [1.82, 2.24) is 0 Å². The van der Waals surface area contributed by atoms with E-state index in [-0.39, 0.29) is 0 Å². The van der Waals surface area contributed by atoms with Gasteiger partial charge in [-0.25, -0.2) is 0 Å². The van der Waals surface area contributed by atoms with E-state index in [0.29, 0.717) is 11.6 Å². The molecule has 1 aliphatic heterocycles. The van der Waals surface area contributed by atoms with E-state index in [4.69, 9.17) is 21.1 Å². The normalized spacial score (nSPS) is 12.7. The van der Waals surface area contributed by atoms with Crippen molar-refractivity contribution in [2.45, 2.75) is 13.0 Å². The number of methoxy groups -OCH3 is 1. The molecule has 0 atom stereocenters. The van der Waals surface area contributed by atoms with Crippen LogP contribution in [-0.4, -0.2) is 13.7 Å². The summed E-state index contributed by atoms with van der Waals surface area (Å²) in [5.74, 6) is 1.84. The summed E-state index contributed by atoms with van der Waals surface area (Å²) in [5, 5.41) is 4.11. The van der Waals surface area contributed by atoms with Gasteiger partial charge >= 0.3 is 0 Å². The van der Waals surface area contributed by atoms with Gasteiger partial charge in [0.1, 0.15) is 11.5 Å². The van der Waals surface area contributed by atoms with Crippen LogP contribution in [0, 0.1) is 0 Å². The lowest BCUT2D eigenvalue weighted by Crippen LogP contribution is -2.02. The maximum atomic E-state index is 6.03. The Kier molecular flexibility index (Phi) is 3.70. The van der Waals surface area contributed by atoms with Crippen LogP contribution in [0.3, 0.4) is 0 Å². The molecule has 0 fully saturated rings. The predicted octanol–water partition coefficient (Wildman–Crippen LogP) is 3.90. The molecule has 0 amide bonds. The molecule has 1 N–H and O–H groups in total. The molecule has 0 unspecified atom stereocenters. The second-order valence-electron chi connectivity index (χ2n) is 4.73. The van der Waals surface area contributed by atoms with Crippen molar-refractivity contribution in [3.63, 3.8) is 0 Å². The molecule has 3 rings (SSSR count). The van der Waals surface area contributed by atoms with Crippen molar-refractivity contribution >= 4 is 17.3 Å². The lowest BCUT2D eigenvalue weighted by molar-refractivity contribution is 0.357. The molecule has 2 aromatic rings. The standard InChI is InChI=1S/C16H16ClNO2/c1-19-15-4-2-13(17)8-12(15)10-18-14-3-5-16-11(9-14)6-7-20-16/h2-5,8-9,18H,6-7,10H2,1H3. The maximum Gasteiger partial charge on any atom is 0.123 e. The monoisotopic (exact) mass is 289 g/mol. The first kappa shape index (κ1) is 13.1. The molecule has 1 heterocycles. The molecule has 0 bridgehead atoms. The predicted molar refractivity (Wildman–Crippen MR) is 81.0 cm³/mol. The minimum absolute atomic E-state index is 0.670. The lowest BCUT2D eigenvalue weighted by Gasteiger charge is -2.11. The van der Waals surface area contributed by atoms with E-state index in [0.717, 1.165) is 35.8 Å². The fourth-order valence-corrected chi connectivity index (χ4v) is 2.57. The van der Waals surface area contributed by atoms with Crippen LogP contribution in [0.1, 0.15) is 11.1 Å². The van der Waals surface area contributed by atoms with Crippen molar-refractivity contribution in [3.05, 3.63) is 52.5 Å². The summed E-state index contributed by atoms with van der Waals surface area (Å²) in [4.78, 5) is 0. The molecule has 0 radical (unpaired) electrons. The SMILES string of the molecule is COc1ccc(Cl)cc1CNc1ccc2c(c1)CCO2. The van der Waals surface area contributed by atoms with E-state index < -0.39 is 0 Å². The van der Waals surface area contributed by atoms with Gasteiger partial charge in [0, 0.05) is 29.2 Å². The molecule has 20 heavy (non-hydrogen) atoms. The van der Waals surface area contributed by atoms with Crippen LogP contribution < -0.4 is 14.8 Å². The number of benzene rings is 2. The zero-order valence-corrected chi connectivity index (χ0v) is 12.0. The second-order valence-corrected chi connectivity index (χ2v) is 5.17. The first-order valence-corrected chi connectivity index (χ1v) is 6.96. The topological polar surface area (TPSA) is 30.5 Å². The van der Waals surface area contributed by atoms with Gasteiger partial charge in [-0.2, -0.15) is 0 Å². The summed E-state index contributed by atoms with van der Waals surface area (Å²) in [6, 6.07) is 11.8. The third-order valence-electron chi connectivity index (χ3n) is 3.41. The molecule has 2 aromatic carbocycles. The van der Waals surface area contributed by atoms with E-state index >= 15 is 0 Å². The maximum absolute atomic E-state index is 6.03. The highest BCUT2D eigenvalue weighted by molar-refractivity contribution is 6.30. The van der Waals surface area contributed by atoms with Crippen molar-refractivity contribution in [2.24, 2.45) is 0 Å². The quantitative estimate of drug-likeness (QED) is 0.926. The fourth-order valence-electron chi connectivity index (χ4n) is 2.38. The van der Waals surface area contributed by atoms with Crippen LogP contribution in [0.5, 0.6) is 11.5 Å². The number of hydrogen-bond donors (Lipinski definition) is 1. The van der Waals surface area contributed by atoms with Crippen molar-refractivity contribution in [1.29, 1.82) is 0 Å². The average molecular weight is 290 g/mol. The Morgan fingerprint density at radius 1 is 1.25 bits per heavy atom. The average Bonchev–Trinajstić information content (AvgIpc) is 2.92. The van der Waals surface area contributed by atoms with Gasteiger partial charge in [-0.05, 0) is 42.0 Å². The van der Waals surface area contributed by atoms with Gasteiger partial charge in [0.25, 0.3) is 0 Å². The molecular formula is C16H16ClNO2. The summed E-state index contributed by atoms with van der Waals surface area (Å²) >= 11 is 6.03. The van der Waals surface area contributed by atoms with E-state index in [9.17, 15) is 0 Å².